The standard InChI is InChI=1S/C21H38NO2P/c1-3-4-5-6-7-8-9-10-12-20-13-15-21(16-14-20)19-22-17-11-18-25(2,23)24/h13-16,22H,3-12,17-19H2,1-2H3,(H,23,24). The zero-order valence-corrected chi connectivity index (χ0v) is 17.2. The van der Waals surface area contributed by atoms with Gasteiger partial charge in [0.05, 0.1) is 0 Å². The Hall–Kier alpha value is -0.630. The first-order chi connectivity index (χ1) is 12.0. The second-order valence-corrected chi connectivity index (χ2v) is 9.90. The Morgan fingerprint density at radius 1 is 0.880 bits per heavy atom. The second kappa shape index (κ2) is 13.6. The normalized spacial score (nSPS) is 13.7. The summed E-state index contributed by atoms with van der Waals surface area (Å²) < 4.78 is 11.2. The quantitative estimate of drug-likeness (QED) is 0.306. The van der Waals surface area contributed by atoms with Crippen LogP contribution in [0.4, 0.5) is 0 Å². The maximum absolute atomic E-state index is 11.2. The fourth-order valence-corrected chi connectivity index (χ4v) is 3.76. The summed E-state index contributed by atoms with van der Waals surface area (Å²) in [5.74, 6) is 0. The lowest BCUT2D eigenvalue weighted by molar-refractivity contribution is 0.481. The van der Waals surface area contributed by atoms with Crippen molar-refractivity contribution in [3.63, 3.8) is 0 Å². The SMILES string of the molecule is CCCCCCCCCCc1ccc(CNCCCP(C)(=O)O)cc1. The van der Waals surface area contributed by atoms with Crippen molar-refractivity contribution < 1.29 is 9.46 Å². The van der Waals surface area contributed by atoms with Gasteiger partial charge >= 0.3 is 0 Å². The van der Waals surface area contributed by atoms with Gasteiger partial charge in [0.1, 0.15) is 0 Å². The molecule has 0 aliphatic rings. The first kappa shape index (κ1) is 22.4. The summed E-state index contributed by atoms with van der Waals surface area (Å²) in [6.07, 6.45) is 13.3. The molecular formula is C21H38NO2P. The van der Waals surface area contributed by atoms with E-state index in [-0.39, 0.29) is 0 Å². The molecule has 0 saturated heterocycles. The minimum absolute atomic E-state index is 0.400. The number of hydrogen-bond acceptors (Lipinski definition) is 2. The van der Waals surface area contributed by atoms with E-state index in [1.165, 1.54) is 75.6 Å². The number of rotatable bonds is 15. The Bertz CT molecular complexity index is 481. The fourth-order valence-electron chi connectivity index (χ4n) is 3.02. The molecule has 1 aromatic carbocycles. The van der Waals surface area contributed by atoms with Crippen LogP contribution in [0.25, 0.3) is 0 Å². The van der Waals surface area contributed by atoms with Gasteiger partial charge in [0.15, 0.2) is 7.37 Å². The van der Waals surface area contributed by atoms with Crippen LogP contribution in [-0.4, -0.2) is 24.3 Å². The van der Waals surface area contributed by atoms with Crippen molar-refractivity contribution >= 4 is 7.37 Å². The Labute approximate surface area is 155 Å². The number of unbranched alkanes of at least 4 members (excludes halogenated alkanes) is 7. The molecule has 0 saturated carbocycles. The largest absolute Gasteiger partial charge is 0.344 e. The minimum Gasteiger partial charge on any atom is -0.344 e. The molecule has 0 aliphatic heterocycles. The number of nitrogens with one attached hydrogen (secondary N) is 1. The fraction of sp³-hybridized carbons (Fsp3) is 0.714. The first-order valence-corrected chi connectivity index (χ1v) is 12.4. The Balaban J connectivity index is 2.06. The Morgan fingerprint density at radius 2 is 1.44 bits per heavy atom. The Morgan fingerprint density at radius 3 is 2.04 bits per heavy atom. The summed E-state index contributed by atoms with van der Waals surface area (Å²) >= 11 is 0. The van der Waals surface area contributed by atoms with Crippen LogP contribution in [0, 0.1) is 0 Å². The van der Waals surface area contributed by atoms with Crippen LogP contribution < -0.4 is 5.32 Å². The van der Waals surface area contributed by atoms with Crippen molar-refractivity contribution in [1.29, 1.82) is 0 Å². The summed E-state index contributed by atoms with van der Waals surface area (Å²) in [5, 5.41) is 3.34. The van der Waals surface area contributed by atoms with Crippen molar-refractivity contribution in [3.05, 3.63) is 35.4 Å². The molecule has 144 valence electrons. The molecule has 0 spiro atoms. The van der Waals surface area contributed by atoms with Gasteiger partial charge in [-0.1, -0.05) is 76.1 Å². The maximum atomic E-state index is 11.2. The van der Waals surface area contributed by atoms with Gasteiger partial charge in [-0.2, -0.15) is 0 Å². The molecule has 3 nitrogen and oxygen atoms in total. The van der Waals surface area contributed by atoms with Gasteiger partial charge < -0.3 is 10.2 Å². The van der Waals surface area contributed by atoms with Crippen LogP contribution in [0.1, 0.15) is 75.8 Å². The lowest BCUT2D eigenvalue weighted by Crippen LogP contribution is -2.15. The first-order valence-electron chi connectivity index (χ1n) is 10.1. The highest BCUT2D eigenvalue weighted by Crippen LogP contribution is 2.35. The van der Waals surface area contributed by atoms with Crippen LogP contribution in [0.5, 0.6) is 0 Å². The topological polar surface area (TPSA) is 49.3 Å². The summed E-state index contributed by atoms with van der Waals surface area (Å²) in [4.78, 5) is 9.25. The molecule has 0 amide bonds. The van der Waals surface area contributed by atoms with Gasteiger partial charge in [0.2, 0.25) is 0 Å². The molecule has 0 bridgehead atoms. The predicted molar refractivity (Wildman–Crippen MR) is 110 cm³/mol. The molecule has 1 aromatic rings. The van der Waals surface area contributed by atoms with Crippen molar-refractivity contribution in [2.24, 2.45) is 0 Å². The van der Waals surface area contributed by atoms with E-state index < -0.39 is 7.37 Å². The highest BCUT2D eigenvalue weighted by molar-refractivity contribution is 7.57. The highest BCUT2D eigenvalue weighted by Gasteiger charge is 2.07. The van der Waals surface area contributed by atoms with E-state index >= 15 is 0 Å². The molecule has 0 fully saturated rings. The third-order valence-electron chi connectivity index (χ3n) is 4.60. The third-order valence-corrected chi connectivity index (χ3v) is 5.74. The molecule has 25 heavy (non-hydrogen) atoms. The van der Waals surface area contributed by atoms with E-state index in [4.69, 9.17) is 0 Å². The molecule has 1 unspecified atom stereocenters. The van der Waals surface area contributed by atoms with Crippen LogP contribution in [0.3, 0.4) is 0 Å². The maximum Gasteiger partial charge on any atom is 0.197 e. The van der Waals surface area contributed by atoms with Crippen molar-refractivity contribution in [2.45, 2.75) is 77.7 Å². The summed E-state index contributed by atoms with van der Waals surface area (Å²) in [6.45, 7) is 5.32. The molecule has 1 rings (SSSR count). The monoisotopic (exact) mass is 367 g/mol. The van der Waals surface area contributed by atoms with E-state index in [1.807, 2.05) is 0 Å². The molecule has 2 N–H and O–H groups in total. The van der Waals surface area contributed by atoms with Crippen molar-refractivity contribution in [3.8, 4) is 0 Å². The second-order valence-electron chi connectivity index (χ2n) is 7.35. The molecule has 0 aliphatic carbocycles. The van der Waals surface area contributed by atoms with Gasteiger partial charge in [-0.25, -0.2) is 0 Å². The van der Waals surface area contributed by atoms with Gasteiger partial charge in [-0.3, -0.25) is 4.57 Å². The van der Waals surface area contributed by atoms with Gasteiger partial charge in [0.25, 0.3) is 0 Å². The zero-order valence-electron chi connectivity index (χ0n) is 16.3. The third kappa shape index (κ3) is 13.3. The molecular weight excluding hydrogens is 329 g/mol. The average molecular weight is 368 g/mol. The van der Waals surface area contributed by atoms with Gasteiger partial charge in [0, 0.05) is 19.4 Å². The summed E-state index contributed by atoms with van der Waals surface area (Å²) in [6, 6.07) is 8.88. The molecule has 0 aromatic heterocycles. The summed E-state index contributed by atoms with van der Waals surface area (Å²) in [5.41, 5.74) is 2.71. The van der Waals surface area contributed by atoms with Crippen LogP contribution in [0.2, 0.25) is 0 Å². The average Bonchev–Trinajstić information content (AvgIpc) is 2.57. The van der Waals surface area contributed by atoms with E-state index in [2.05, 4.69) is 36.5 Å². The van der Waals surface area contributed by atoms with Gasteiger partial charge in [-0.15, -0.1) is 0 Å². The van der Waals surface area contributed by atoms with E-state index in [9.17, 15) is 9.46 Å². The Kier molecular flexibility index (Phi) is 12.2. The van der Waals surface area contributed by atoms with Crippen LogP contribution >= 0.6 is 7.37 Å². The van der Waals surface area contributed by atoms with Crippen molar-refractivity contribution in [1.82, 2.24) is 5.32 Å². The predicted octanol–water partition coefficient (Wildman–Crippen LogP) is 5.75. The van der Waals surface area contributed by atoms with Crippen molar-refractivity contribution in [2.75, 3.05) is 19.4 Å². The number of benzene rings is 1. The lowest BCUT2D eigenvalue weighted by Gasteiger charge is -2.08. The molecule has 1 atom stereocenters. The zero-order chi connectivity index (χ0) is 18.4. The molecule has 0 radical (unpaired) electrons. The van der Waals surface area contributed by atoms with Gasteiger partial charge in [-0.05, 0) is 36.9 Å². The summed E-state index contributed by atoms with van der Waals surface area (Å²) in [7, 11) is -2.85. The van der Waals surface area contributed by atoms with E-state index in [1.54, 1.807) is 0 Å². The minimum atomic E-state index is -2.85. The number of hydrogen-bond donors (Lipinski definition) is 2. The smallest absolute Gasteiger partial charge is 0.197 e. The molecule has 0 heterocycles. The lowest BCUT2D eigenvalue weighted by atomic mass is 10.0. The van der Waals surface area contributed by atoms with E-state index in [0.717, 1.165) is 19.5 Å². The van der Waals surface area contributed by atoms with E-state index in [0.29, 0.717) is 6.16 Å². The highest BCUT2D eigenvalue weighted by atomic mass is 31.2. The van der Waals surface area contributed by atoms with Crippen LogP contribution in [0.15, 0.2) is 24.3 Å². The molecule has 4 heteroatoms. The van der Waals surface area contributed by atoms with Crippen LogP contribution in [-0.2, 0) is 17.5 Å². The number of aryl methyl sites for hydroxylation is 1.